The van der Waals surface area contributed by atoms with Crippen LogP contribution in [0.1, 0.15) is 5.56 Å². The van der Waals surface area contributed by atoms with Gasteiger partial charge in [-0.3, -0.25) is 0 Å². The zero-order chi connectivity index (χ0) is 31.7. The van der Waals surface area contributed by atoms with E-state index in [2.05, 4.69) is 29.1 Å². The van der Waals surface area contributed by atoms with Crippen LogP contribution in [0.4, 0.5) is 5.69 Å². The van der Waals surface area contributed by atoms with Gasteiger partial charge in [0.15, 0.2) is 23.2 Å². The molecule has 2 aromatic heterocycles. The van der Waals surface area contributed by atoms with E-state index in [-0.39, 0.29) is 0 Å². The summed E-state index contributed by atoms with van der Waals surface area (Å²) in [5.74, 6) is 1.73. The van der Waals surface area contributed by atoms with Crippen molar-refractivity contribution in [2.75, 3.05) is 0 Å². The fraction of sp³-hybridized carbons (Fsp3) is 0. The highest BCUT2D eigenvalue weighted by atomic mass is 16.3. The molecule has 0 unspecified atom stereocenters. The summed E-state index contributed by atoms with van der Waals surface area (Å²) in [7, 11) is 0. The molecule has 0 aliphatic heterocycles. The summed E-state index contributed by atoms with van der Waals surface area (Å²) in [5, 5.41) is 11.4. The molecule has 6 nitrogen and oxygen atoms in total. The molecule has 2 heterocycles. The molecule has 0 aliphatic carbocycles. The zero-order valence-corrected chi connectivity index (χ0v) is 24.9. The van der Waals surface area contributed by atoms with E-state index in [1.807, 2.05) is 109 Å². The third-order valence-electron chi connectivity index (χ3n) is 8.14. The summed E-state index contributed by atoms with van der Waals surface area (Å²) >= 11 is 0. The molecular formula is C41H23N5O. The number of nitriles is 1. The van der Waals surface area contributed by atoms with Crippen molar-refractivity contribution in [3.8, 4) is 62.5 Å². The maximum absolute atomic E-state index is 9.59. The van der Waals surface area contributed by atoms with Crippen LogP contribution in [-0.2, 0) is 0 Å². The van der Waals surface area contributed by atoms with Gasteiger partial charge in [0.05, 0.1) is 18.2 Å². The molecule has 6 heteroatoms. The Balaban J connectivity index is 1.37. The molecule has 0 fully saturated rings. The number of hydrogen-bond donors (Lipinski definition) is 0. The highest BCUT2D eigenvalue weighted by Crippen LogP contribution is 2.41. The Labute approximate surface area is 270 Å². The molecule has 0 aliphatic rings. The molecule has 0 saturated carbocycles. The van der Waals surface area contributed by atoms with Gasteiger partial charge in [-0.2, -0.15) is 5.26 Å². The van der Waals surface area contributed by atoms with Gasteiger partial charge >= 0.3 is 0 Å². The monoisotopic (exact) mass is 601 g/mol. The summed E-state index contributed by atoms with van der Waals surface area (Å²) in [6.45, 7) is 7.58. The summed E-state index contributed by atoms with van der Waals surface area (Å²) in [4.78, 5) is 18.3. The number of hydrogen-bond acceptors (Lipinski definition) is 5. The second-order valence-electron chi connectivity index (χ2n) is 11.1. The Morgan fingerprint density at radius 2 is 1.15 bits per heavy atom. The van der Waals surface area contributed by atoms with Crippen molar-refractivity contribution in [2.24, 2.45) is 0 Å². The Kier molecular flexibility index (Phi) is 6.80. The van der Waals surface area contributed by atoms with Crippen LogP contribution in [0.5, 0.6) is 0 Å². The Bertz CT molecular complexity index is 2480. The fourth-order valence-electron chi connectivity index (χ4n) is 5.85. The maximum atomic E-state index is 9.59. The zero-order valence-electron chi connectivity index (χ0n) is 24.9. The predicted molar refractivity (Wildman–Crippen MR) is 185 cm³/mol. The number of fused-ring (bicyclic) bond motifs is 3. The SMILES string of the molecule is [C-]#[N+]c1cccc(-c2cc(-c3cccc(C#N)c3)cc3c2oc2ccc(-c4nc(-c5ccccc5)nc(-c5ccccc5)n4)cc23)c1. The molecule has 0 spiro atoms. The van der Waals surface area contributed by atoms with Crippen LogP contribution in [0.15, 0.2) is 144 Å². The number of benzene rings is 6. The van der Waals surface area contributed by atoms with E-state index in [0.29, 0.717) is 34.3 Å². The van der Waals surface area contributed by atoms with E-state index in [1.165, 1.54) is 0 Å². The maximum Gasteiger partial charge on any atom is 0.187 e. The molecule has 8 aromatic rings. The molecule has 0 radical (unpaired) electrons. The van der Waals surface area contributed by atoms with E-state index in [0.717, 1.165) is 55.3 Å². The van der Waals surface area contributed by atoms with Gasteiger partial charge in [-0.1, -0.05) is 91.0 Å². The molecule has 0 bridgehead atoms. The minimum absolute atomic E-state index is 0.546. The summed E-state index contributed by atoms with van der Waals surface area (Å²) in [6, 6.07) is 47.3. The van der Waals surface area contributed by atoms with Crippen molar-refractivity contribution in [1.29, 1.82) is 5.26 Å². The first-order chi connectivity index (χ1) is 23.2. The first kappa shape index (κ1) is 27.6. The van der Waals surface area contributed by atoms with Crippen molar-refractivity contribution >= 4 is 27.6 Å². The molecular weight excluding hydrogens is 578 g/mol. The van der Waals surface area contributed by atoms with Crippen LogP contribution in [0.3, 0.4) is 0 Å². The summed E-state index contributed by atoms with van der Waals surface area (Å²) < 4.78 is 6.54. The second-order valence-corrected chi connectivity index (χ2v) is 11.1. The molecule has 0 N–H and O–H groups in total. The van der Waals surface area contributed by atoms with Gasteiger partial charge in [-0.15, -0.1) is 0 Å². The van der Waals surface area contributed by atoms with Crippen molar-refractivity contribution in [2.45, 2.75) is 0 Å². The summed E-state index contributed by atoms with van der Waals surface area (Å²) in [5.41, 5.74) is 8.77. The van der Waals surface area contributed by atoms with Crippen LogP contribution in [-0.4, -0.2) is 15.0 Å². The van der Waals surface area contributed by atoms with Gasteiger partial charge in [0.25, 0.3) is 0 Å². The topological polar surface area (TPSA) is 80.0 Å². The minimum Gasteiger partial charge on any atom is -0.455 e. The van der Waals surface area contributed by atoms with Gasteiger partial charge in [0, 0.05) is 33.0 Å². The quantitative estimate of drug-likeness (QED) is 0.183. The number of nitrogens with zero attached hydrogens (tertiary/aromatic N) is 5. The normalized spacial score (nSPS) is 10.9. The van der Waals surface area contributed by atoms with Crippen molar-refractivity contribution in [1.82, 2.24) is 15.0 Å². The van der Waals surface area contributed by atoms with Gasteiger partial charge in [-0.25, -0.2) is 19.8 Å². The van der Waals surface area contributed by atoms with Crippen LogP contribution < -0.4 is 0 Å². The average molecular weight is 602 g/mol. The lowest BCUT2D eigenvalue weighted by atomic mass is 9.94. The van der Waals surface area contributed by atoms with E-state index in [4.69, 9.17) is 25.9 Å². The van der Waals surface area contributed by atoms with Crippen LogP contribution in [0.25, 0.3) is 83.2 Å². The third-order valence-corrected chi connectivity index (χ3v) is 8.14. The fourth-order valence-corrected chi connectivity index (χ4v) is 5.85. The van der Waals surface area contributed by atoms with E-state index in [9.17, 15) is 5.26 Å². The van der Waals surface area contributed by atoms with Crippen LogP contribution in [0.2, 0.25) is 0 Å². The minimum atomic E-state index is 0.546. The van der Waals surface area contributed by atoms with Crippen LogP contribution >= 0.6 is 0 Å². The Hall–Kier alpha value is -6.89. The Morgan fingerprint density at radius 3 is 1.83 bits per heavy atom. The lowest BCUT2D eigenvalue weighted by Gasteiger charge is -2.09. The van der Waals surface area contributed by atoms with Gasteiger partial charge in [-0.05, 0) is 65.2 Å². The number of furan rings is 1. The van der Waals surface area contributed by atoms with E-state index in [1.54, 1.807) is 12.1 Å². The smallest absolute Gasteiger partial charge is 0.187 e. The second kappa shape index (κ2) is 11.6. The van der Waals surface area contributed by atoms with Gasteiger partial charge < -0.3 is 4.42 Å². The molecule has 8 rings (SSSR count). The number of aromatic nitrogens is 3. The highest BCUT2D eigenvalue weighted by Gasteiger charge is 2.18. The first-order valence-corrected chi connectivity index (χ1v) is 15.0. The average Bonchev–Trinajstić information content (AvgIpc) is 3.53. The first-order valence-electron chi connectivity index (χ1n) is 15.0. The highest BCUT2D eigenvalue weighted by molar-refractivity contribution is 6.12. The van der Waals surface area contributed by atoms with Crippen molar-refractivity contribution < 1.29 is 4.42 Å². The molecule has 0 saturated heterocycles. The molecule has 0 atom stereocenters. The lowest BCUT2D eigenvalue weighted by Crippen LogP contribution is -2.00. The summed E-state index contributed by atoms with van der Waals surface area (Å²) in [6.07, 6.45) is 0. The largest absolute Gasteiger partial charge is 0.455 e. The van der Waals surface area contributed by atoms with Gasteiger partial charge in [0.1, 0.15) is 11.2 Å². The standard InChI is InChI=1S/C41H23N5O/c1-43-33-17-9-16-30(21-33)34-23-32(29-15-8-10-26(20-29)25-42)24-36-35-22-31(18-19-37(35)47-38(34)36)41-45-39(27-11-4-2-5-12-27)44-40(46-41)28-13-6-3-7-14-28/h2-24H. The lowest BCUT2D eigenvalue weighted by molar-refractivity contribution is 0.670. The van der Waals surface area contributed by atoms with Crippen molar-refractivity contribution in [3.63, 3.8) is 0 Å². The van der Waals surface area contributed by atoms with E-state index < -0.39 is 0 Å². The van der Waals surface area contributed by atoms with Crippen LogP contribution in [0, 0.1) is 17.9 Å². The predicted octanol–water partition coefficient (Wildman–Crippen LogP) is 10.5. The molecule has 218 valence electrons. The van der Waals surface area contributed by atoms with Gasteiger partial charge in [0.2, 0.25) is 0 Å². The van der Waals surface area contributed by atoms with Crippen molar-refractivity contribution in [3.05, 3.63) is 157 Å². The van der Waals surface area contributed by atoms with E-state index >= 15 is 0 Å². The molecule has 0 amide bonds. The number of rotatable bonds is 5. The Morgan fingerprint density at radius 1 is 0.532 bits per heavy atom. The third kappa shape index (κ3) is 5.17. The molecule has 6 aromatic carbocycles. The molecule has 47 heavy (non-hydrogen) atoms.